The highest BCUT2D eigenvalue weighted by molar-refractivity contribution is 4.38. The fraction of sp³-hybridized carbons (Fsp3) is 1.00. The van der Waals surface area contributed by atoms with Gasteiger partial charge in [0.25, 0.3) is 0 Å². The third-order valence-corrected chi connectivity index (χ3v) is 1.53. The number of hydroxylamine groups is 3. The molecule has 2 heteroatoms. The second-order valence-electron chi connectivity index (χ2n) is 2.84. The molecule has 0 N–H and O–H groups in total. The van der Waals surface area contributed by atoms with Gasteiger partial charge in [-0.3, -0.25) is 0 Å². The average Bonchev–Trinajstić information content (AvgIpc) is 1.65. The van der Waals surface area contributed by atoms with E-state index in [9.17, 15) is 0 Å². The number of hydrogen-bond donors (Lipinski definition) is 0. The molecule has 0 bridgehead atoms. The molecule has 1 saturated heterocycles. The molecule has 1 heterocycles. The summed E-state index contributed by atoms with van der Waals surface area (Å²) in [5, 5.41) is 0. The first-order valence-electron chi connectivity index (χ1n) is 3.18. The largest absolute Gasteiger partial charge is 0.203 e. The standard InChI is InChI=1S/C6H14NO/c1-7(2)5-3-4-6-8-7/h3-6H2,1-2H3/q+1. The van der Waals surface area contributed by atoms with Gasteiger partial charge in [-0.15, -0.1) is 0 Å². The summed E-state index contributed by atoms with van der Waals surface area (Å²) in [6, 6.07) is 0. The number of nitrogens with zero attached hydrogens (tertiary/aromatic N) is 1. The predicted molar refractivity (Wildman–Crippen MR) is 32.2 cm³/mol. The van der Waals surface area contributed by atoms with Crippen LogP contribution >= 0.6 is 0 Å². The summed E-state index contributed by atoms with van der Waals surface area (Å²) in [7, 11) is 4.19. The summed E-state index contributed by atoms with van der Waals surface area (Å²) in [5.41, 5.74) is 0. The Morgan fingerprint density at radius 2 is 2.00 bits per heavy atom. The van der Waals surface area contributed by atoms with Gasteiger partial charge in [-0.2, -0.15) is 4.65 Å². The molecule has 0 radical (unpaired) electrons. The maximum Gasteiger partial charge on any atom is 0.108 e. The molecule has 0 aromatic rings. The van der Waals surface area contributed by atoms with E-state index in [1.807, 2.05) is 0 Å². The van der Waals surface area contributed by atoms with Crippen LogP contribution in [0.4, 0.5) is 0 Å². The van der Waals surface area contributed by atoms with E-state index in [1.165, 1.54) is 19.4 Å². The van der Waals surface area contributed by atoms with E-state index < -0.39 is 0 Å². The van der Waals surface area contributed by atoms with Crippen LogP contribution in [0.1, 0.15) is 12.8 Å². The molecule has 1 aliphatic heterocycles. The summed E-state index contributed by atoms with van der Waals surface area (Å²) in [6.07, 6.45) is 2.55. The van der Waals surface area contributed by atoms with Gasteiger partial charge in [0.1, 0.15) is 13.2 Å². The Morgan fingerprint density at radius 1 is 1.25 bits per heavy atom. The summed E-state index contributed by atoms with van der Waals surface area (Å²) in [4.78, 5) is 5.40. The van der Waals surface area contributed by atoms with Gasteiger partial charge in [0.15, 0.2) is 0 Å². The first-order chi connectivity index (χ1) is 3.71. The molecule has 0 atom stereocenters. The van der Waals surface area contributed by atoms with E-state index in [0.29, 0.717) is 0 Å². The lowest BCUT2D eigenvalue weighted by molar-refractivity contribution is -1.08. The molecule has 0 aromatic carbocycles. The van der Waals surface area contributed by atoms with Crippen molar-refractivity contribution in [1.29, 1.82) is 0 Å². The van der Waals surface area contributed by atoms with Crippen LogP contribution in [0.15, 0.2) is 0 Å². The zero-order chi connectivity index (χ0) is 6.04. The van der Waals surface area contributed by atoms with E-state index in [1.54, 1.807) is 0 Å². The Balaban J connectivity index is 2.33. The van der Waals surface area contributed by atoms with E-state index in [2.05, 4.69) is 14.1 Å². The lowest BCUT2D eigenvalue weighted by atomic mass is 10.3. The van der Waals surface area contributed by atoms with Gasteiger partial charge in [0.05, 0.1) is 14.1 Å². The minimum Gasteiger partial charge on any atom is -0.203 e. The van der Waals surface area contributed by atoms with E-state index in [-0.39, 0.29) is 0 Å². The second-order valence-corrected chi connectivity index (χ2v) is 2.84. The summed E-state index contributed by atoms with van der Waals surface area (Å²) >= 11 is 0. The van der Waals surface area contributed by atoms with E-state index in [4.69, 9.17) is 4.84 Å². The summed E-state index contributed by atoms with van der Waals surface area (Å²) in [6.45, 7) is 2.10. The Morgan fingerprint density at radius 3 is 2.25 bits per heavy atom. The van der Waals surface area contributed by atoms with E-state index in [0.717, 1.165) is 11.3 Å². The predicted octanol–water partition coefficient (Wildman–Crippen LogP) is 0.788. The van der Waals surface area contributed by atoms with Crippen LogP contribution in [0.3, 0.4) is 0 Å². The number of hydrogen-bond acceptors (Lipinski definition) is 1. The third-order valence-electron chi connectivity index (χ3n) is 1.53. The average molecular weight is 116 g/mol. The first kappa shape index (κ1) is 6.05. The van der Waals surface area contributed by atoms with Gasteiger partial charge in [0, 0.05) is 6.42 Å². The smallest absolute Gasteiger partial charge is 0.108 e. The van der Waals surface area contributed by atoms with Crippen molar-refractivity contribution in [2.45, 2.75) is 12.8 Å². The zero-order valence-electron chi connectivity index (χ0n) is 5.68. The van der Waals surface area contributed by atoms with Crippen molar-refractivity contribution in [3.8, 4) is 0 Å². The molecule has 0 aliphatic carbocycles. The molecule has 0 unspecified atom stereocenters. The molecule has 8 heavy (non-hydrogen) atoms. The molecule has 0 spiro atoms. The maximum absolute atomic E-state index is 5.40. The Kier molecular flexibility index (Phi) is 1.54. The molecule has 1 rings (SSSR count). The quantitative estimate of drug-likeness (QED) is 0.425. The minimum absolute atomic E-state index is 0.750. The molecular formula is C6H14NO+. The monoisotopic (exact) mass is 116 g/mol. The molecular weight excluding hydrogens is 102 g/mol. The topological polar surface area (TPSA) is 9.23 Å². The molecule has 0 aromatic heterocycles. The third kappa shape index (κ3) is 1.46. The van der Waals surface area contributed by atoms with Crippen molar-refractivity contribution < 1.29 is 9.48 Å². The van der Waals surface area contributed by atoms with Crippen molar-refractivity contribution in [2.24, 2.45) is 0 Å². The van der Waals surface area contributed by atoms with Crippen LogP contribution in [-0.4, -0.2) is 31.9 Å². The van der Waals surface area contributed by atoms with Crippen molar-refractivity contribution in [3.63, 3.8) is 0 Å². The highest BCUT2D eigenvalue weighted by Crippen LogP contribution is 2.09. The first-order valence-corrected chi connectivity index (χ1v) is 3.18. The van der Waals surface area contributed by atoms with Crippen LogP contribution in [0.5, 0.6) is 0 Å². The maximum atomic E-state index is 5.40. The van der Waals surface area contributed by atoms with Gasteiger partial charge in [-0.1, -0.05) is 0 Å². The molecule has 1 aliphatic rings. The number of rotatable bonds is 0. The summed E-state index contributed by atoms with van der Waals surface area (Å²) in [5.74, 6) is 0. The lowest BCUT2D eigenvalue weighted by Gasteiger charge is -2.30. The van der Waals surface area contributed by atoms with Crippen LogP contribution < -0.4 is 0 Å². The van der Waals surface area contributed by atoms with Gasteiger partial charge in [-0.25, -0.2) is 4.84 Å². The SMILES string of the molecule is C[N+]1(C)CCCCO1. The van der Waals surface area contributed by atoms with Crippen LogP contribution in [0, 0.1) is 0 Å². The fourth-order valence-electron chi connectivity index (χ4n) is 0.971. The van der Waals surface area contributed by atoms with Crippen molar-refractivity contribution in [3.05, 3.63) is 0 Å². The van der Waals surface area contributed by atoms with Crippen LogP contribution in [-0.2, 0) is 4.84 Å². The normalized spacial score (nSPS) is 27.8. The van der Waals surface area contributed by atoms with Crippen LogP contribution in [0.2, 0.25) is 0 Å². The lowest BCUT2D eigenvalue weighted by Crippen LogP contribution is -2.43. The van der Waals surface area contributed by atoms with E-state index >= 15 is 0 Å². The Bertz CT molecular complexity index is 72.6. The van der Waals surface area contributed by atoms with Gasteiger partial charge < -0.3 is 0 Å². The van der Waals surface area contributed by atoms with Gasteiger partial charge in [0.2, 0.25) is 0 Å². The van der Waals surface area contributed by atoms with Crippen molar-refractivity contribution in [1.82, 2.24) is 0 Å². The van der Waals surface area contributed by atoms with Gasteiger partial charge >= 0.3 is 0 Å². The van der Waals surface area contributed by atoms with Crippen molar-refractivity contribution in [2.75, 3.05) is 27.2 Å². The summed E-state index contributed by atoms with van der Waals surface area (Å²) < 4.78 is 0.750. The Hall–Kier alpha value is -0.0800. The highest BCUT2D eigenvalue weighted by Gasteiger charge is 2.19. The fourth-order valence-corrected chi connectivity index (χ4v) is 0.971. The number of quaternary nitrogens is 1. The van der Waals surface area contributed by atoms with Gasteiger partial charge in [-0.05, 0) is 6.42 Å². The minimum atomic E-state index is 0.750. The molecule has 48 valence electrons. The second kappa shape index (κ2) is 2.03. The zero-order valence-corrected chi connectivity index (χ0v) is 5.68. The molecule has 1 fully saturated rings. The molecule has 0 amide bonds. The van der Waals surface area contributed by atoms with Crippen LogP contribution in [0.25, 0.3) is 0 Å². The molecule has 2 nitrogen and oxygen atoms in total. The highest BCUT2D eigenvalue weighted by atomic mass is 16.7. The molecule has 0 saturated carbocycles. The Labute approximate surface area is 50.6 Å². The van der Waals surface area contributed by atoms with Crippen molar-refractivity contribution >= 4 is 0 Å².